The molecular weight excluding hydrogens is 711 g/mol. The molecule has 0 radical (unpaired) electrons. The van der Waals surface area contributed by atoms with Gasteiger partial charge in [-0.25, -0.2) is 5.43 Å². The van der Waals surface area contributed by atoms with Crippen LogP contribution in [0.1, 0.15) is 42.3 Å². The van der Waals surface area contributed by atoms with E-state index in [4.69, 9.17) is 55.9 Å². The number of halogens is 5. The maximum atomic E-state index is 12.9. The fraction of sp³-hybridized carbons (Fsp3) is 0.250. The Bertz CT molecular complexity index is 1420. The first-order chi connectivity index (χ1) is 19.0. The molecule has 2 N–H and O–H groups in total. The Labute approximate surface area is 266 Å². The van der Waals surface area contributed by atoms with Crippen molar-refractivity contribution in [3.05, 3.63) is 88.9 Å². The van der Waals surface area contributed by atoms with Gasteiger partial charge in [0.05, 0.1) is 26.4 Å². The molecule has 3 rings (SSSR count). The lowest BCUT2D eigenvalue weighted by molar-refractivity contribution is -0.123. The predicted molar refractivity (Wildman–Crippen MR) is 169 cm³/mol. The summed E-state index contributed by atoms with van der Waals surface area (Å²) in [6.07, 6.45) is 1.49. The number of nitrogens with one attached hydrogen (secondary N) is 2. The monoisotopic (exact) mass is 735 g/mol. The number of ether oxygens (including phenoxy) is 2. The van der Waals surface area contributed by atoms with E-state index in [1.54, 1.807) is 24.3 Å². The Balaban J connectivity index is 1.70. The summed E-state index contributed by atoms with van der Waals surface area (Å²) in [7, 11) is 0. The topological polar surface area (TPSA) is 89.0 Å². The van der Waals surface area contributed by atoms with E-state index in [1.165, 1.54) is 24.4 Å². The molecule has 7 nitrogen and oxygen atoms in total. The summed E-state index contributed by atoms with van der Waals surface area (Å²) in [4.78, 5) is 25.6. The molecule has 0 aliphatic carbocycles. The van der Waals surface area contributed by atoms with Gasteiger partial charge >= 0.3 is 0 Å². The largest absolute Gasteiger partial charge is 0.490 e. The third kappa shape index (κ3) is 8.88. The van der Waals surface area contributed by atoms with E-state index in [0.717, 1.165) is 9.13 Å². The predicted octanol–water partition coefficient (Wildman–Crippen LogP) is 7.79. The number of hydrogen-bond donors (Lipinski definition) is 2. The van der Waals surface area contributed by atoms with Crippen LogP contribution < -0.4 is 20.2 Å². The molecule has 0 aliphatic heterocycles. The van der Waals surface area contributed by atoms with Crippen molar-refractivity contribution in [2.24, 2.45) is 11.0 Å². The molecule has 1 atom stereocenters. The summed E-state index contributed by atoms with van der Waals surface area (Å²) in [6.45, 7) is 6.14. The summed E-state index contributed by atoms with van der Waals surface area (Å²) in [5.74, 6) is -0.0688. The zero-order valence-electron chi connectivity index (χ0n) is 21.7. The number of hydrazone groups is 1. The molecule has 40 heavy (non-hydrogen) atoms. The van der Waals surface area contributed by atoms with E-state index in [2.05, 4.69) is 38.4 Å². The lowest BCUT2D eigenvalue weighted by Crippen LogP contribution is -2.48. The van der Waals surface area contributed by atoms with Crippen molar-refractivity contribution in [3.8, 4) is 11.5 Å². The standard InChI is InChI=1S/C28H26Cl4IN3O4/c1-4-39-24-10-16(9-23(33)26(24)40-14-18-5-7-19(29)12-21(18)31)13-34-36-28(38)25(15(2)3)35-27(37)17-6-8-20(30)22(32)11-17/h5-13,15,25H,4,14H2,1-3H3,(H,35,37)(H,36,38). The number of amides is 2. The number of carbonyl (C=O) groups excluding carboxylic acids is 2. The van der Waals surface area contributed by atoms with Gasteiger partial charge in [0, 0.05) is 21.2 Å². The van der Waals surface area contributed by atoms with Crippen molar-refractivity contribution in [3.63, 3.8) is 0 Å². The highest BCUT2D eigenvalue weighted by Gasteiger charge is 2.25. The Hall–Kier alpha value is -2.24. The molecule has 0 saturated heterocycles. The average Bonchev–Trinajstić information content (AvgIpc) is 2.89. The molecule has 1 unspecified atom stereocenters. The third-order valence-electron chi connectivity index (χ3n) is 5.52. The van der Waals surface area contributed by atoms with E-state index in [9.17, 15) is 9.59 Å². The SMILES string of the molecule is CCOc1cc(C=NNC(=O)C(NC(=O)c2ccc(Cl)c(Cl)c2)C(C)C)cc(I)c1OCc1ccc(Cl)cc1Cl. The number of hydrogen-bond acceptors (Lipinski definition) is 5. The van der Waals surface area contributed by atoms with E-state index >= 15 is 0 Å². The molecule has 0 saturated carbocycles. The Morgan fingerprint density at radius 1 is 0.975 bits per heavy atom. The average molecular weight is 737 g/mol. The molecule has 0 aliphatic rings. The molecule has 12 heteroatoms. The van der Waals surface area contributed by atoms with Crippen molar-refractivity contribution in [2.45, 2.75) is 33.4 Å². The lowest BCUT2D eigenvalue weighted by Gasteiger charge is -2.20. The second-order valence-corrected chi connectivity index (χ2v) is 11.7. The van der Waals surface area contributed by atoms with Gasteiger partial charge in [0.25, 0.3) is 11.8 Å². The Morgan fingerprint density at radius 3 is 2.38 bits per heavy atom. The van der Waals surface area contributed by atoms with Crippen molar-refractivity contribution in [2.75, 3.05) is 6.61 Å². The quantitative estimate of drug-likeness (QED) is 0.120. The van der Waals surface area contributed by atoms with Crippen molar-refractivity contribution in [1.82, 2.24) is 10.7 Å². The molecule has 3 aromatic rings. The summed E-state index contributed by atoms with van der Waals surface area (Å²) in [6, 6.07) is 12.5. The van der Waals surface area contributed by atoms with Gasteiger partial charge in [0.15, 0.2) is 11.5 Å². The highest BCUT2D eigenvalue weighted by Crippen LogP contribution is 2.35. The molecule has 212 valence electrons. The first-order valence-electron chi connectivity index (χ1n) is 12.1. The first kappa shape index (κ1) is 32.3. The molecule has 0 bridgehead atoms. The van der Waals surface area contributed by atoms with Crippen LogP contribution in [-0.2, 0) is 11.4 Å². The van der Waals surface area contributed by atoms with Gasteiger partial charge in [0.2, 0.25) is 0 Å². The van der Waals surface area contributed by atoms with E-state index in [1.807, 2.05) is 26.8 Å². The molecule has 2 amide bonds. The van der Waals surface area contributed by atoms with Crippen molar-refractivity contribution in [1.29, 1.82) is 0 Å². The van der Waals surface area contributed by atoms with Gasteiger partial charge in [-0.1, -0.05) is 66.3 Å². The van der Waals surface area contributed by atoms with E-state index < -0.39 is 17.9 Å². The van der Waals surface area contributed by atoms with E-state index in [-0.39, 0.29) is 23.1 Å². The Kier molecular flexibility index (Phi) is 12.2. The maximum Gasteiger partial charge on any atom is 0.262 e. The Morgan fingerprint density at radius 2 is 1.73 bits per heavy atom. The zero-order chi connectivity index (χ0) is 29.4. The molecule has 3 aromatic carbocycles. The molecule has 0 spiro atoms. The van der Waals surface area contributed by atoms with Crippen LogP contribution in [0.2, 0.25) is 20.1 Å². The number of carbonyl (C=O) groups is 2. The van der Waals surface area contributed by atoms with Crippen molar-refractivity contribution >= 4 is 87.0 Å². The highest BCUT2D eigenvalue weighted by molar-refractivity contribution is 14.1. The van der Waals surface area contributed by atoms with Gasteiger partial charge < -0.3 is 14.8 Å². The van der Waals surface area contributed by atoms with Crippen LogP contribution >= 0.6 is 69.0 Å². The highest BCUT2D eigenvalue weighted by atomic mass is 127. The summed E-state index contributed by atoms with van der Waals surface area (Å²) in [5, 5.41) is 8.44. The molecular formula is C28H26Cl4IN3O4. The van der Waals surface area contributed by atoms with Gasteiger partial charge in [-0.2, -0.15) is 5.10 Å². The zero-order valence-corrected chi connectivity index (χ0v) is 26.9. The number of nitrogens with zero attached hydrogens (tertiary/aromatic N) is 1. The second-order valence-electron chi connectivity index (χ2n) is 8.85. The number of rotatable bonds is 11. The lowest BCUT2D eigenvalue weighted by atomic mass is 10.0. The second kappa shape index (κ2) is 15.1. The van der Waals surface area contributed by atoms with Gasteiger partial charge in [0.1, 0.15) is 12.6 Å². The maximum absolute atomic E-state index is 12.9. The van der Waals surface area contributed by atoms with Crippen LogP contribution in [0.4, 0.5) is 0 Å². The van der Waals surface area contributed by atoms with Gasteiger partial charge in [-0.05, 0) is 83.5 Å². The fourth-order valence-corrected chi connectivity index (χ4v) is 5.03. The summed E-state index contributed by atoms with van der Waals surface area (Å²) >= 11 is 26.3. The van der Waals surface area contributed by atoms with Crippen LogP contribution in [0.3, 0.4) is 0 Å². The molecule has 0 aromatic heterocycles. The van der Waals surface area contributed by atoms with Crippen LogP contribution in [0.5, 0.6) is 11.5 Å². The third-order valence-corrected chi connectivity index (χ3v) is 7.65. The fourth-order valence-electron chi connectivity index (χ4n) is 3.49. The molecule has 0 fully saturated rings. The van der Waals surface area contributed by atoms with Crippen molar-refractivity contribution < 1.29 is 19.1 Å². The molecule has 0 heterocycles. The van der Waals surface area contributed by atoms with Gasteiger partial charge in [-0.15, -0.1) is 0 Å². The summed E-state index contributed by atoms with van der Waals surface area (Å²) in [5.41, 5.74) is 4.24. The normalized spacial score (nSPS) is 11.9. The van der Waals surface area contributed by atoms with Crippen LogP contribution in [-0.4, -0.2) is 30.7 Å². The van der Waals surface area contributed by atoms with E-state index in [0.29, 0.717) is 38.7 Å². The smallest absolute Gasteiger partial charge is 0.262 e. The number of benzene rings is 3. The van der Waals surface area contributed by atoms with Gasteiger partial charge in [-0.3, -0.25) is 9.59 Å². The van der Waals surface area contributed by atoms with Crippen LogP contribution in [0.25, 0.3) is 0 Å². The first-order valence-corrected chi connectivity index (χ1v) is 14.7. The minimum atomic E-state index is -0.839. The van der Waals surface area contributed by atoms with Crippen LogP contribution in [0, 0.1) is 9.49 Å². The minimum Gasteiger partial charge on any atom is -0.490 e. The summed E-state index contributed by atoms with van der Waals surface area (Å²) < 4.78 is 12.6. The van der Waals surface area contributed by atoms with Crippen LogP contribution in [0.15, 0.2) is 53.6 Å². The minimum absolute atomic E-state index is 0.210.